The number of anilines is 3. The number of aryl methyl sites for hydroxylation is 3. The second kappa shape index (κ2) is 31.5. The van der Waals surface area contributed by atoms with Gasteiger partial charge >= 0.3 is 0 Å². The Balaban J connectivity index is 0.000000139. The highest BCUT2D eigenvalue weighted by atomic mass is 32.2. The first kappa shape index (κ1) is 71.6. The van der Waals surface area contributed by atoms with Crippen molar-refractivity contribution in [1.29, 1.82) is 0 Å². The van der Waals surface area contributed by atoms with Crippen LogP contribution in [0.15, 0.2) is 127 Å². The third-order valence-corrected chi connectivity index (χ3v) is 21.8. The number of likely N-dealkylation sites (N-methyl/N-ethyl adjacent to an activating group) is 3. The molecular weight excluding hydrogens is 1320 g/mol. The topological polar surface area (TPSA) is 302 Å². The molecule has 4 aliphatic heterocycles. The summed E-state index contributed by atoms with van der Waals surface area (Å²) < 4.78 is 62.1. The lowest BCUT2D eigenvalue weighted by Gasteiger charge is -2.34. The van der Waals surface area contributed by atoms with E-state index in [0.717, 1.165) is 106 Å². The molecule has 2 fully saturated rings. The lowest BCUT2D eigenvalue weighted by Crippen LogP contribution is -2.39. The summed E-state index contributed by atoms with van der Waals surface area (Å²) in [7, 11) is 2.94. The van der Waals surface area contributed by atoms with E-state index in [1.54, 1.807) is 71.9 Å². The largest absolute Gasteiger partial charge is 0.433 e. The zero-order valence-corrected chi connectivity index (χ0v) is 61.1. The fourth-order valence-corrected chi connectivity index (χ4v) is 15.6. The predicted molar refractivity (Wildman–Crippen MR) is 395 cm³/mol. The highest BCUT2D eigenvalue weighted by Crippen LogP contribution is 2.39. The molecule has 6 N–H and O–H groups in total. The van der Waals surface area contributed by atoms with Crippen LogP contribution in [0.3, 0.4) is 0 Å². The molecule has 0 bridgehead atoms. The molecule has 26 nitrogen and oxygen atoms in total. The average Bonchev–Trinajstić information content (AvgIpc) is 1.49. The third kappa shape index (κ3) is 16.7. The molecule has 6 aromatic heterocycles. The van der Waals surface area contributed by atoms with Gasteiger partial charge in [0.05, 0.1) is 109 Å². The smallest absolute Gasteiger partial charge is 0.263 e. The summed E-state index contributed by atoms with van der Waals surface area (Å²) >= 11 is 0. The lowest BCUT2D eigenvalue weighted by molar-refractivity contribution is -0.0227. The minimum atomic E-state index is -3.50. The number of fused-ring (bicyclic) bond motifs is 3. The van der Waals surface area contributed by atoms with Crippen LogP contribution in [-0.4, -0.2) is 166 Å². The van der Waals surface area contributed by atoms with Gasteiger partial charge in [-0.25, -0.2) is 38.3 Å². The first-order valence-corrected chi connectivity index (χ1v) is 36.9. The van der Waals surface area contributed by atoms with E-state index in [1.165, 1.54) is 50.1 Å². The number of hydrogen-bond donors (Lipinski definition) is 3. The Hall–Kier alpha value is -9.74. The highest BCUT2D eigenvalue weighted by Gasteiger charge is 2.33. The van der Waals surface area contributed by atoms with Gasteiger partial charge in [0, 0.05) is 82.3 Å². The van der Waals surface area contributed by atoms with E-state index in [0.29, 0.717) is 85.0 Å². The molecule has 10 aromatic rings. The predicted octanol–water partition coefficient (Wildman–Crippen LogP) is 11.4. The minimum Gasteiger partial charge on any atom is -0.433 e. The summed E-state index contributed by atoms with van der Waals surface area (Å²) in [6.07, 6.45) is 22.3. The molecule has 1 aliphatic carbocycles. The van der Waals surface area contributed by atoms with E-state index in [2.05, 4.69) is 128 Å². The summed E-state index contributed by atoms with van der Waals surface area (Å²) in [6, 6.07) is 22.2. The maximum Gasteiger partial charge on any atom is 0.263 e. The maximum absolute atomic E-state index is 13.0. The maximum atomic E-state index is 13.0. The Morgan fingerprint density at radius 3 is 1.37 bits per heavy atom. The van der Waals surface area contributed by atoms with Crippen LogP contribution >= 0.6 is 0 Å². The van der Waals surface area contributed by atoms with Crippen molar-refractivity contribution in [2.24, 2.45) is 0 Å². The molecule has 0 amide bonds. The van der Waals surface area contributed by atoms with Gasteiger partial charge in [-0.2, -0.15) is 19.6 Å². The SMILES string of the molecule is CCOC1CC(n2cc(Oc3nc(-c4cc(C)c5c(c4)CN(C)CC5)cnc3N)cn2)C1.CCOCC(C)n1cc(Oc2nc(-c3cc(C)c4c(c3)CN(C)CC4)cnc2N)cn1.Cc1cc(-c2cnc(N)c(Oc3cnn(C4CCN(S(=O)(=O)c5ccccc5)CC4)c3)n2)cc2c1CCN(C)C2. The molecule has 27 heteroatoms. The number of hydrogen-bond acceptors (Lipinski definition) is 22. The van der Waals surface area contributed by atoms with Crippen molar-refractivity contribution >= 4 is 27.5 Å². The zero-order valence-electron chi connectivity index (χ0n) is 60.2. The van der Waals surface area contributed by atoms with Crippen LogP contribution in [0.2, 0.25) is 0 Å². The van der Waals surface area contributed by atoms with Crippen molar-refractivity contribution < 1.29 is 32.1 Å². The number of benzene rings is 4. The molecule has 4 aromatic carbocycles. The summed E-state index contributed by atoms with van der Waals surface area (Å²) in [6.45, 7) is 21.4. The molecule has 1 saturated carbocycles. The monoisotopic (exact) mass is 1420 g/mol. The fraction of sp³-hybridized carbons (Fsp3) is 0.408. The van der Waals surface area contributed by atoms with Crippen molar-refractivity contribution in [3.63, 3.8) is 0 Å². The van der Waals surface area contributed by atoms with Crippen LogP contribution < -0.4 is 31.4 Å². The molecule has 1 atom stereocenters. The van der Waals surface area contributed by atoms with E-state index in [4.69, 9.17) is 50.9 Å². The van der Waals surface area contributed by atoms with Crippen LogP contribution in [0.5, 0.6) is 34.9 Å². The van der Waals surface area contributed by atoms with Crippen molar-refractivity contribution in [2.75, 3.05) is 90.9 Å². The molecule has 5 aliphatic rings. The number of rotatable bonds is 19. The standard InChI is InChI=1S/C29H33N7O3S.C24H30N6O2.C23H30N6O2/c1-20-14-21(15-22-18-34(2)11-10-26(20)22)27-17-31-28(30)29(33-27)39-24-16-32-36(19-24)23-8-12-35(13-9-23)40(37,38)25-6-4-3-5-7-25;1-4-31-19-9-18(10-19)30-14-20(11-27-30)32-24-23(25)26-12-22(28-24)16-7-15(2)21-5-6-29(3)13-17(21)8-16;1-5-30-14-16(3)29-13-19(10-26-29)31-23-22(24)25-11-21(27-23)17-8-15(2)20-6-7-28(4)12-18(20)9-17/h3-7,14-17,19,23H,8-13,18H2,1-2H3,(H2,30,31);7-8,11-12,14,18-19H,4-6,9-10,13H2,1-3H3,(H2,25,26);8-11,13,16H,5-7,12,14H2,1-4H3,(H2,24,25). The number of piperidine rings is 1. The average molecular weight is 1420 g/mol. The number of nitrogens with two attached hydrogens (primary N) is 3. The van der Waals surface area contributed by atoms with Crippen LogP contribution in [0.1, 0.15) is 115 Å². The van der Waals surface area contributed by atoms with Crippen molar-refractivity contribution in [3.8, 4) is 68.7 Å². The van der Waals surface area contributed by atoms with Crippen LogP contribution in [0.25, 0.3) is 33.8 Å². The van der Waals surface area contributed by atoms with Crippen molar-refractivity contribution in [2.45, 2.75) is 135 Å². The number of sulfonamides is 1. The Labute approximate surface area is 602 Å². The first-order valence-electron chi connectivity index (χ1n) is 35.4. The Bertz CT molecular complexity index is 4740. The number of nitrogen functional groups attached to an aromatic ring is 3. The quantitative estimate of drug-likeness (QED) is 0.0677. The number of ether oxygens (including phenoxy) is 5. The molecule has 10 heterocycles. The van der Waals surface area contributed by atoms with Crippen LogP contribution in [0.4, 0.5) is 17.5 Å². The molecule has 1 saturated heterocycles. The lowest BCUT2D eigenvalue weighted by atomic mass is 9.89. The fourth-order valence-electron chi connectivity index (χ4n) is 14.1. The molecule has 0 radical (unpaired) electrons. The Morgan fingerprint density at radius 2 is 0.942 bits per heavy atom. The van der Waals surface area contributed by atoms with E-state index in [9.17, 15) is 8.42 Å². The van der Waals surface area contributed by atoms with Gasteiger partial charge in [0.1, 0.15) is 0 Å². The van der Waals surface area contributed by atoms with Gasteiger partial charge < -0.3 is 55.6 Å². The van der Waals surface area contributed by atoms with E-state index < -0.39 is 10.0 Å². The molecule has 1 unspecified atom stereocenters. The summed E-state index contributed by atoms with van der Waals surface area (Å²) in [5, 5.41) is 13.3. The van der Waals surface area contributed by atoms with Gasteiger partial charge in [-0.05, 0) is 206 Å². The zero-order chi connectivity index (χ0) is 72.1. The van der Waals surface area contributed by atoms with Crippen molar-refractivity contribution in [3.05, 3.63) is 173 Å². The van der Waals surface area contributed by atoms with E-state index in [-0.39, 0.29) is 41.3 Å². The first-order chi connectivity index (χ1) is 49.7. The molecule has 0 spiro atoms. The van der Waals surface area contributed by atoms with Crippen LogP contribution in [0, 0.1) is 20.8 Å². The summed E-state index contributed by atoms with van der Waals surface area (Å²) in [5.74, 6) is 3.18. The van der Waals surface area contributed by atoms with Gasteiger partial charge in [0.2, 0.25) is 10.0 Å². The molecule has 15 rings (SSSR count). The highest BCUT2D eigenvalue weighted by molar-refractivity contribution is 7.89. The molecule has 540 valence electrons. The summed E-state index contributed by atoms with van der Waals surface area (Å²) in [5.41, 5.74) is 35.6. The normalized spacial score (nSPS) is 17.5. The molecular formula is C76H93N19O7S. The van der Waals surface area contributed by atoms with Gasteiger partial charge in [-0.1, -0.05) is 18.2 Å². The third-order valence-electron chi connectivity index (χ3n) is 19.9. The van der Waals surface area contributed by atoms with Crippen LogP contribution in [-0.2, 0) is 58.4 Å². The second-order valence-corrected chi connectivity index (χ2v) is 29.5. The number of nitrogens with zero attached hydrogens (tertiary/aromatic N) is 16. The summed E-state index contributed by atoms with van der Waals surface area (Å²) in [4.78, 5) is 34.4. The van der Waals surface area contributed by atoms with E-state index >= 15 is 0 Å². The Kier molecular flexibility index (Phi) is 21.9. The minimum absolute atomic E-state index is 0.0611. The van der Waals surface area contributed by atoms with Gasteiger partial charge in [0.25, 0.3) is 17.6 Å². The second-order valence-electron chi connectivity index (χ2n) is 27.5. The van der Waals surface area contributed by atoms with Gasteiger partial charge in [-0.15, -0.1) is 0 Å². The van der Waals surface area contributed by atoms with Gasteiger partial charge in [0.15, 0.2) is 34.7 Å². The van der Waals surface area contributed by atoms with E-state index in [1.807, 2.05) is 53.3 Å². The number of aromatic nitrogens is 12. The van der Waals surface area contributed by atoms with Crippen molar-refractivity contribution in [1.82, 2.24) is 78.3 Å². The molecule has 103 heavy (non-hydrogen) atoms. The van der Waals surface area contributed by atoms with Gasteiger partial charge in [-0.3, -0.25) is 14.0 Å². The Morgan fingerprint density at radius 1 is 0.524 bits per heavy atom.